The Labute approximate surface area is 162 Å². The van der Waals surface area contributed by atoms with Crippen molar-refractivity contribution < 1.29 is 13.9 Å². The number of hydrogen-bond donors (Lipinski definition) is 0. The Kier molecular flexibility index (Phi) is 6.70. The molecule has 142 valence electrons. The van der Waals surface area contributed by atoms with E-state index in [-0.39, 0.29) is 5.82 Å². The van der Waals surface area contributed by atoms with Crippen LogP contribution in [0.25, 0.3) is 11.4 Å². The van der Waals surface area contributed by atoms with Gasteiger partial charge in [-0.15, -0.1) is 10.2 Å². The number of aromatic nitrogens is 3. The summed E-state index contributed by atoms with van der Waals surface area (Å²) in [4.78, 5) is 0. The first-order chi connectivity index (χ1) is 13.2. The lowest BCUT2D eigenvalue weighted by atomic mass is 10.2. The fourth-order valence-corrected chi connectivity index (χ4v) is 3.19. The zero-order valence-corrected chi connectivity index (χ0v) is 16.2. The van der Waals surface area contributed by atoms with Crippen LogP contribution in [-0.2, 0) is 7.05 Å². The summed E-state index contributed by atoms with van der Waals surface area (Å²) in [5.41, 5.74) is 0.445. The standard InChI is InChI=1S/C20H22FN3O2S/c1-3-12-25-15-8-10-16(11-9-15)26-13-14-27-20-23-22-19(24(20)2)17-6-4-5-7-18(17)21/h4-11H,3,12-14H2,1-2H3. The van der Waals surface area contributed by atoms with Crippen molar-refractivity contribution in [2.24, 2.45) is 7.05 Å². The Morgan fingerprint density at radius 1 is 0.963 bits per heavy atom. The van der Waals surface area contributed by atoms with Crippen molar-refractivity contribution in [2.75, 3.05) is 19.0 Å². The monoisotopic (exact) mass is 387 g/mol. The topological polar surface area (TPSA) is 49.2 Å². The first kappa shape index (κ1) is 19.2. The minimum Gasteiger partial charge on any atom is -0.494 e. The van der Waals surface area contributed by atoms with E-state index in [0.29, 0.717) is 30.4 Å². The van der Waals surface area contributed by atoms with Gasteiger partial charge >= 0.3 is 0 Å². The van der Waals surface area contributed by atoms with E-state index in [1.165, 1.54) is 17.8 Å². The Bertz CT molecular complexity index is 868. The van der Waals surface area contributed by atoms with Crippen LogP contribution in [0.1, 0.15) is 13.3 Å². The zero-order chi connectivity index (χ0) is 19.1. The molecule has 1 aromatic heterocycles. The summed E-state index contributed by atoms with van der Waals surface area (Å²) >= 11 is 1.52. The van der Waals surface area contributed by atoms with Gasteiger partial charge < -0.3 is 14.0 Å². The smallest absolute Gasteiger partial charge is 0.191 e. The summed E-state index contributed by atoms with van der Waals surface area (Å²) in [5.74, 6) is 2.55. The highest BCUT2D eigenvalue weighted by Crippen LogP contribution is 2.25. The second-order valence-electron chi connectivity index (χ2n) is 5.86. The third-order valence-electron chi connectivity index (χ3n) is 3.83. The summed E-state index contributed by atoms with van der Waals surface area (Å²) in [5, 5.41) is 8.99. The molecule has 0 N–H and O–H groups in total. The molecule has 3 rings (SSSR count). The van der Waals surface area contributed by atoms with E-state index in [4.69, 9.17) is 9.47 Å². The van der Waals surface area contributed by atoms with Crippen LogP contribution in [-0.4, -0.2) is 33.7 Å². The third-order valence-corrected chi connectivity index (χ3v) is 4.81. The first-order valence-corrected chi connectivity index (χ1v) is 9.80. The molecule has 1 heterocycles. The van der Waals surface area contributed by atoms with E-state index < -0.39 is 0 Å². The molecule has 5 nitrogen and oxygen atoms in total. The molecule has 0 radical (unpaired) electrons. The number of ether oxygens (including phenoxy) is 2. The van der Waals surface area contributed by atoms with E-state index in [2.05, 4.69) is 17.1 Å². The molecule has 0 aliphatic heterocycles. The van der Waals surface area contributed by atoms with Gasteiger partial charge in [0.15, 0.2) is 11.0 Å². The Hall–Kier alpha value is -2.54. The minimum absolute atomic E-state index is 0.306. The molecule has 7 heteroatoms. The Morgan fingerprint density at radius 2 is 1.63 bits per heavy atom. The molecule has 27 heavy (non-hydrogen) atoms. The van der Waals surface area contributed by atoms with Crippen LogP contribution in [0, 0.1) is 5.82 Å². The van der Waals surface area contributed by atoms with Crippen molar-refractivity contribution in [1.82, 2.24) is 14.8 Å². The van der Waals surface area contributed by atoms with Gasteiger partial charge in [-0.05, 0) is 42.8 Å². The fraction of sp³-hybridized carbons (Fsp3) is 0.300. The van der Waals surface area contributed by atoms with Gasteiger partial charge in [-0.1, -0.05) is 30.8 Å². The normalized spacial score (nSPS) is 10.8. The molecule has 0 fully saturated rings. The fourth-order valence-electron chi connectivity index (χ4n) is 2.46. The van der Waals surface area contributed by atoms with Gasteiger partial charge in [-0.2, -0.15) is 0 Å². The molecular formula is C20H22FN3O2S. The average Bonchev–Trinajstić information content (AvgIpc) is 3.05. The molecule has 0 spiro atoms. The molecule has 0 aliphatic rings. The van der Waals surface area contributed by atoms with Crippen LogP contribution < -0.4 is 9.47 Å². The van der Waals surface area contributed by atoms with Gasteiger partial charge in [-0.3, -0.25) is 0 Å². The highest BCUT2D eigenvalue weighted by Gasteiger charge is 2.14. The highest BCUT2D eigenvalue weighted by molar-refractivity contribution is 7.99. The van der Waals surface area contributed by atoms with Gasteiger partial charge in [0.1, 0.15) is 17.3 Å². The lowest BCUT2D eigenvalue weighted by Crippen LogP contribution is -2.02. The largest absolute Gasteiger partial charge is 0.494 e. The molecule has 0 amide bonds. The molecular weight excluding hydrogens is 365 g/mol. The molecule has 2 aromatic carbocycles. The van der Waals surface area contributed by atoms with Crippen molar-refractivity contribution in [3.05, 3.63) is 54.3 Å². The summed E-state index contributed by atoms with van der Waals surface area (Å²) in [6.45, 7) is 3.32. The van der Waals surface area contributed by atoms with Crippen molar-refractivity contribution in [3.63, 3.8) is 0 Å². The Morgan fingerprint density at radius 3 is 2.30 bits per heavy atom. The van der Waals surface area contributed by atoms with Crippen molar-refractivity contribution in [3.8, 4) is 22.9 Å². The third kappa shape index (κ3) is 5.01. The lowest BCUT2D eigenvalue weighted by molar-refractivity contribution is 0.314. The maximum atomic E-state index is 13.9. The lowest BCUT2D eigenvalue weighted by Gasteiger charge is -2.08. The van der Waals surface area contributed by atoms with E-state index in [9.17, 15) is 4.39 Å². The number of benzene rings is 2. The second kappa shape index (κ2) is 9.41. The molecule has 0 atom stereocenters. The number of thioether (sulfide) groups is 1. The second-order valence-corrected chi connectivity index (χ2v) is 6.92. The summed E-state index contributed by atoms with van der Waals surface area (Å²) < 4.78 is 27.0. The maximum absolute atomic E-state index is 13.9. The van der Waals surface area contributed by atoms with E-state index in [1.54, 1.807) is 22.8 Å². The predicted molar refractivity (Wildman–Crippen MR) is 105 cm³/mol. The van der Waals surface area contributed by atoms with Gasteiger partial charge in [0.2, 0.25) is 0 Å². The van der Waals surface area contributed by atoms with Crippen molar-refractivity contribution >= 4 is 11.8 Å². The number of halogens is 1. The molecule has 0 unspecified atom stereocenters. The van der Waals surface area contributed by atoms with E-state index in [1.807, 2.05) is 31.3 Å². The predicted octanol–water partition coefficient (Wildman–Crippen LogP) is 4.58. The van der Waals surface area contributed by atoms with Crippen LogP contribution in [0.15, 0.2) is 53.7 Å². The quantitative estimate of drug-likeness (QED) is 0.397. The van der Waals surface area contributed by atoms with Crippen LogP contribution in [0.4, 0.5) is 4.39 Å². The molecule has 0 bridgehead atoms. The van der Waals surface area contributed by atoms with Gasteiger partial charge in [-0.25, -0.2) is 4.39 Å². The van der Waals surface area contributed by atoms with Crippen LogP contribution >= 0.6 is 11.8 Å². The summed E-state index contributed by atoms with van der Waals surface area (Å²) in [6.07, 6.45) is 0.982. The maximum Gasteiger partial charge on any atom is 0.191 e. The molecule has 0 saturated heterocycles. The SMILES string of the molecule is CCCOc1ccc(OCCSc2nnc(-c3ccccc3F)n2C)cc1. The average molecular weight is 387 g/mol. The molecule has 3 aromatic rings. The van der Waals surface area contributed by atoms with Crippen LogP contribution in [0.3, 0.4) is 0 Å². The van der Waals surface area contributed by atoms with Gasteiger partial charge in [0.25, 0.3) is 0 Å². The minimum atomic E-state index is -0.306. The Balaban J connectivity index is 1.50. The summed E-state index contributed by atoms with van der Waals surface area (Å²) in [7, 11) is 1.83. The van der Waals surface area contributed by atoms with Crippen molar-refractivity contribution in [2.45, 2.75) is 18.5 Å². The van der Waals surface area contributed by atoms with Crippen LogP contribution in [0.2, 0.25) is 0 Å². The highest BCUT2D eigenvalue weighted by atomic mass is 32.2. The first-order valence-electron chi connectivity index (χ1n) is 8.81. The van der Waals surface area contributed by atoms with Gasteiger partial charge in [0.05, 0.1) is 18.8 Å². The number of nitrogens with zero attached hydrogens (tertiary/aromatic N) is 3. The molecule has 0 saturated carbocycles. The summed E-state index contributed by atoms with van der Waals surface area (Å²) in [6, 6.07) is 14.2. The van der Waals surface area contributed by atoms with Gasteiger partial charge in [0, 0.05) is 12.8 Å². The number of rotatable bonds is 9. The van der Waals surface area contributed by atoms with Crippen LogP contribution in [0.5, 0.6) is 11.5 Å². The number of hydrogen-bond acceptors (Lipinski definition) is 5. The van der Waals surface area contributed by atoms with Crippen molar-refractivity contribution in [1.29, 1.82) is 0 Å². The van der Waals surface area contributed by atoms with E-state index in [0.717, 1.165) is 23.1 Å². The molecule has 0 aliphatic carbocycles. The zero-order valence-electron chi connectivity index (χ0n) is 15.4. The van der Waals surface area contributed by atoms with E-state index >= 15 is 0 Å².